The number of rotatable bonds is 5. The minimum Gasteiger partial charge on any atom is -0.425 e. The first kappa shape index (κ1) is 18.2. The van der Waals surface area contributed by atoms with Crippen LogP contribution in [0.25, 0.3) is 0 Å². The Balaban J connectivity index is 2.04. The second-order valence-corrected chi connectivity index (χ2v) is 5.33. The van der Waals surface area contributed by atoms with Gasteiger partial charge in [-0.3, -0.25) is 4.79 Å². The van der Waals surface area contributed by atoms with E-state index in [2.05, 4.69) is 9.78 Å². The van der Waals surface area contributed by atoms with Gasteiger partial charge in [0.2, 0.25) is 0 Å². The van der Waals surface area contributed by atoms with E-state index in [0.717, 1.165) is 0 Å². The fourth-order valence-corrected chi connectivity index (χ4v) is 1.84. The van der Waals surface area contributed by atoms with E-state index < -0.39 is 17.9 Å². The molecule has 0 spiro atoms. The molecular weight excluding hydrogens is 324 g/mol. The van der Waals surface area contributed by atoms with Crippen LogP contribution in [0.15, 0.2) is 54.6 Å². The molecule has 1 atom stereocenters. The molecule has 0 N–H and O–H groups in total. The Morgan fingerprint density at radius 1 is 0.880 bits per heavy atom. The highest BCUT2D eigenvalue weighted by atomic mass is 17.2. The topological polar surface area (TPSA) is 78.9 Å². The van der Waals surface area contributed by atoms with E-state index >= 15 is 0 Å². The molecule has 0 radical (unpaired) electrons. The molecule has 2 aromatic carbocycles. The molecule has 0 saturated carbocycles. The molecule has 0 amide bonds. The zero-order valence-electron chi connectivity index (χ0n) is 13.9. The minimum absolute atomic E-state index is 0.0139. The van der Waals surface area contributed by atoms with Crippen molar-refractivity contribution in [3.05, 3.63) is 65.7 Å². The summed E-state index contributed by atoms with van der Waals surface area (Å²) in [6.07, 6.45) is 0.611. The molecule has 2 aromatic rings. The van der Waals surface area contributed by atoms with Gasteiger partial charge in [0.05, 0.1) is 11.5 Å². The third kappa shape index (κ3) is 4.91. The van der Waals surface area contributed by atoms with E-state index in [4.69, 9.17) is 4.74 Å². The van der Waals surface area contributed by atoms with Crippen molar-refractivity contribution < 1.29 is 28.9 Å². The van der Waals surface area contributed by atoms with Crippen LogP contribution in [0.3, 0.4) is 0 Å². The molecular formula is C19H18O6. The van der Waals surface area contributed by atoms with Crippen molar-refractivity contribution in [2.45, 2.75) is 20.3 Å². The molecule has 0 fully saturated rings. The maximum atomic E-state index is 12.1. The molecule has 25 heavy (non-hydrogen) atoms. The van der Waals surface area contributed by atoms with Crippen molar-refractivity contribution in [3.8, 4) is 5.75 Å². The van der Waals surface area contributed by atoms with Crippen molar-refractivity contribution in [3.63, 3.8) is 0 Å². The van der Waals surface area contributed by atoms with Gasteiger partial charge >= 0.3 is 17.9 Å². The number of para-hydroxylation sites is 1. The predicted octanol–water partition coefficient (Wildman–Crippen LogP) is 3.57. The van der Waals surface area contributed by atoms with Gasteiger partial charge in [-0.15, -0.1) is 0 Å². The van der Waals surface area contributed by atoms with Crippen molar-refractivity contribution in [1.82, 2.24) is 0 Å². The highest BCUT2D eigenvalue weighted by Crippen LogP contribution is 2.21. The molecule has 0 bridgehead atoms. The van der Waals surface area contributed by atoms with E-state index in [1.54, 1.807) is 37.3 Å². The number of hydrogen-bond donors (Lipinski definition) is 0. The largest absolute Gasteiger partial charge is 0.425 e. The van der Waals surface area contributed by atoms with Crippen LogP contribution in [0.2, 0.25) is 0 Å². The normalized spacial score (nSPS) is 11.3. The number of hydrogen-bond acceptors (Lipinski definition) is 6. The zero-order valence-corrected chi connectivity index (χ0v) is 13.9. The third-order valence-electron chi connectivity index (χ3n) is 3.53. The molecule has 0 aliphatic rings. The second-order valence-electron chi connectivity index (χ2n) is 5.33. The summed E-state index contributed by atoms with van der Waals surface area (Å²) in [5, 5.41) is 0. The van der Waals surface area contributed by atoms with E-state index in [1.807, 2.05) is 6.92 Å². The zero-order chi connectivity index (χ0) is 18.2. The van der Waals surface area contributed by atoms with Gasteiger partial charge in [-0.2, -0.15) is 0 Å². The van der Waals surface area contributed by atoms with E-state index in [-0.39, 0.29) is 22.8 Å². The Labute approximate surface area is 145 Å². The summed E-state index contributed by atoms with van der Waals surface area (Å²) in [7, 11) is 0. The lowest BCUT2D eigenvalue weighted by Gasteiger charge is -2.11. The average molecular weight is 342 g/mol. The van der Waals surface area contributed by atoms with Crippen LogP contribution in [0.5, 0.6) is 5.75 Å². The molecule has 0 saturated heterocycles. The summed E-state index contributed by atoms with van der Waals surface area (Å²) in [5.74, 6) is -2.45. The number of benzene rings is 2. The fourth-order valence-electron chi connectivity index (χ4n) is 1.84. The van der Waals surface area contributed by atoms with Crippen LogP contribution >= 0.6 is 0 Å². The van der Waals surface area contributed by atoms with Gasteiger partial charge in [-0.1, -0.05) is 44.2 Å². The molecule has 6 heteroatoms. The lowest BCUT2D eigenvalue weighted by Crippen LogP contribution is -2.19. The Bertz CT molecular complexity index is 754. The van der Waals surface area contributed by atoms with Gasteiger partial charge in [0.1, 0.15) is 11.3 Å². The van der Waals surface area contributed by atoms with E-state index in [0.29, 0.717) is 6.42 Å². The van der Waals surface area contributed by atoms with Crippen LogP contribution < -0.4 is 4.74 Å². The Morgan fingerprint density at radius 2 is 1.48 bits per heavy atom. The number of carbonyl (C=O) groups excluding carboxylic acids is 3. The molecule has 0 heterocycles. The highest BCUT2D eigenvalue weighted by Gasteiger charge is 2.21. The smallest absolute Gasteiger partial charge is 0.390 e. The number of ether oxygens (including phenoxy) is 1. The molecule has 1 unspecified atom stereocenters. The summed E-state index contributed by atoms with van der Waals surface area (Å²) in [6.45, 7) is 3.58. The van der Waals surface area contributed by atoms with Gasteiger partial charge < -0.3 is 4.74 Å². The lowest BCUT2D eigenvalue weighted by molar-refractivity contribution is -0.187. The van der Waals surface area contributed by atoms with Gasteiger partial charge in [0.15, 0.2) is 0 Å². The first-order chi connectivity index (χ1) is 12.0. The maximum Gasteiger partial charge on any atom is 0.390 e. The minimum atomic E-state index is -0.933. The monoisotopic (exact) mass is 342 g/mol. The average Bonchev–Trinajstić information content (AvgIpc) is 2.66. The Morgan fingerprint density at radius 3 is 2.16 bits per heavy atom. The van der Waals surface area contributed by atoms with Crippen molar-refractivity contribution in [1.29, 1.82) is 0 Å². The third-order valence-corrected chi connectivity index (χ3v) is 3.53. The summed E-state index contributed by atoms with van der Waals surface area (Å²) >= 11 is 0. The molecule has 130 valence electrons. The lowest BCUT2D eigenvalue weighted by atomic mass is 10.1. The predicted molar refractivity (Wildman–Crippen MR) is 88.8 cm³/mol. The van der Waals surface area contributed by atoms with Crippen molar-refractivity contribution in [2.75, 3.05) is 0 Å². The molecule has 0 aliphatic heterocycles. The number of carbonyl (C=O) groups is 3. The second kappa shape index (κ2) is 8.63. The van der Waals surface area contributed by atoms with E-state index in [1.165, 1.54) is 24.3 Å². The summed E-state index contributed by atoms with van der Waals surface area (Å²) in [6, 6.07) is 14.2. The molecule has 2 rings (SSSR count). The van der Waals surface area contributed by atoms with Gasteiger partial charge in [-0.25, -0.2) is 19.4 Å². The standard InChI is InChI=1S/C19H18O6/c1-3-13(2)17(20)23-16-12-8-7-11-15(16)19(22)25-24-18(21)14-9-5-4-6-10-14/h4-13H,3H2,1-2H3. The van der Waals surface area contributed by atoms with Crippen LogP contribution in [0.4, 0.5) is 0 Å². The summed E-state index contributed by atoms with van der Waals surface area (Å²) in [4.78, 5) is 44.9. The quantitative estimate of drug-likeness (QED) is 0.358. The number of esters is 1. The van der Waals surface area contributed by atoms with Crippen LogP contribution in [0, 0.1) is 5.92 Å². The van der Waals surface area contributed by atoms with Crippen molar-refractivity contribution in [2.24, 2.45) is 5.92 Å². The molecule has 6 nitrogen and oxygen atoms in total. The first-order valence-corrected chi connectivity index (χ1v) is 7.81. The molecule has 0 aliphatic carbocycles. The summed E-state index contributed by atoms with van der Waals surface area (Å²) < 4.78 is 5.23. The van der Waals surface area contributed by atoms with Crippen molar-refractivity contribution >= 4 is 17.9 Å². The van der Waals surface area contributed by atoms with Gasteiger partial charge in [0, 0.05) is 0 Å². The SMILES string of the molecule is CCC(C)C(=O)Oc1ccccc1C(=O)OOC(=O)c1ccccc1. The van der Waals surface area contributed by atoms with Crippen LogP contribution in [-0.4, -0.2) is 17.9 Å². The Hall–Kier alpha value is -3.15. The first-order valence-electron chi connectivity index (χ1n) is 7.81. The van der Waals surface area contributed by atoms with Crippen LogP contribution in [0.1, 0.15) is 41.0 Å². The van der Waals surface area contributed by atoms with Crippen LogP contribution in [-0.2, 0) is 14.6 Å². The Kier molecular flexibility index (Phi) is 6.28. The highest BCUT2D eigenvalue weighted by molar-refractivity contribution is 5.94. The molecule has 0 aromatic heterocycles. The fraction of sp³-hybridized carbons (Fsp3) is 0.211. The van der Waals surface area contributed by atoms with Gasteiger partial charge in [0.25, 0.3) is 0 Å². The summed E-state index contributed by atoms with van der Waals surface area (Å²) in [5.41, 5.74) is 0.229. The van der Waals surface area contributed by atoms with E-state index in [9.17, 15) is 14.4 Å². The maximum absolute atomic E-state index is 12.1. The van der Waals surface area contributed by atoms with Gasteiger partial charge in [-0.05, 0) is 30.7 Å².